The predicted molar refractivity (Wildman–Crippen MR) is 145 cm³/mol. The molecule has 3 aliphatic carbocycles. The number of benzene rings is 3. The first kappa shape index (κ1) is 21.1. The molecule has 0 atom stereocenters. The molecule has 174 valence electrons. The van der Waals surface area contributed by atoms with E-state index in [0.717, 1.165) is 12.8 Å². The van der Waals surface area contributed by atoms with E-state index in [-0.39, 0.29) is 0 Å². The molecule has 1 fully saturated rings. The van der Waals surface area contributed by atoms with Crippen molar-refractivity contribution in [1.29, 1.82) is 0 Å². The van der Waals surface area contributed by atoms with Crippen molar-refractivity contribution in [3.05, 3.63) is 99.7 Å². The zero-order valence-corrected chi connectivity index (χ0v) is 21.2. The van der Waals surface area contributed by atoms with Crippen molar-refractivity contribution >= 4 is 0 Å². The topological polar surface area (TPSA) is 3.88 Å². The van der Waals surface area contributed by atoms with E-state index < -0.39 is 0 Å². The second-order valence-electron chi connectivity index (χ2n) is 11.1. The predicted octanol–water partition coefficient (Wildman–Crippen LogP) is 7.99. The Morgan fingerprint density at radius 1 is 0.714 bits per heavy atom. The van der Waals surface area contributed by atoms with Gasteiger partial charge in [0.15, 0.2) is 6.20 Å². The van der Waals surface area contributed by atoms with E-state index >= 15 is 0 Å². The minimum atomic E-state index is 0.716. The van der Waals surface area contributed by atoms with Gasteiger partial charge in [0.2, 0.25) is 5.69 Å². The first-order valence-electron chi connectivity index (χ1n) is 13.5. The Kier molecular flexibility index (Phi) is 4.78. The first-order chi connectivity index (χ1) is 17.1. The highest BCUT2D eigenvalue weighted by Gasteiger charge is 2.35. The number of fused-ring (bicyclic) bond motifs is 7. The molecule has 1 saturated carbocycles. The van der Waals surface area contributed by atoms with Crippen LogP contribution in [0.2, 0.25) is 0 Å². The van der Waals surface area contributed by atoms with Crippen LogP contribution in [0.25, 0.3) is 33.5 Å². The average molecular weight is 457 g/mol. The Morgan fingerprint density at radius 2 is 1.31 bits per heavy atom. The van der Waals surface area contributed by atoms with Crippen molar-refractivity contribution in [3.8, 4) is 33.5 Å². The number of rotatable bonds is 2. The fourth-order valence-electron chi connectivity index (χ4n) is 7.45. The number of nitrogens with zero attached hydrogens (tertiary/aromatic N) is 1. The van der Waals surface area contributed by atoms with Gasteiger partial charge in [-0.15, -0.1) is 0 Å². The molecule has 0 amide bonds. The van der Waals surface area contributed by atoms with Gasteiger partial charge in [0, 0.05) is 11.6 Å². The Morgan fingerprint density at radius 3 is 2.00 bits per heavy atom. The maximum atomic E-state index is 2.57. The molecule has 0 spiro atoms. The van der Waals surface area contributed by atoms with E-state index in [1.165, 1.54) is 99.0 Å². The van der Waals surface area contributed by atoms with E-state index in [4.69, 9.17) is 0 Å². The van der Waals surface area contributed by atoms with Gasteiger partial charge in [-0.25, -0.2) is 4.57 Å². The molecule has 7 rings (SSSR count). The van der Waals surface area contributed by atoms with Crippen LogP contribution >= 0.6 is 0 Å². The Balaban J connectivity index is 1.52. The van der Waals surface area contributed by atoms with Crippen LogP contribution < -0.4 is 4.57 Å². The third kappa shape index (κ3) is 3.10. The number of hydrogen-bond acceptors (Lipinski definition) is 0. The maximum Gasteiger partial charge on any atom is 0.213 e. The first-order valence-corrected chi connectivity index (χ1v) is 13.5. The summed E-state index contributed by atoms with van der Waals surface area (Å²) in [4.78, 5) is 0. The number of pyridine rings is 1. The Labute approximate surface area is 209 Å². The van der Waals surface area contributed by atoms with Gasteiger partial charge >= 0.3 is 0 Å². The van der Waals surface area contributed by atoms with E-state index in [1.54, 1.807) is 5.56 Å². The molecule has 1 nitrogen and oxygen atoms in total. The molecule has 4 aromatic rings. The second-order valence-corrected chi connectivity index (χ2v) is 11.1. The monoisotopic (exact) mass is 456 g/mol. The largest absolute Gasteiger partial charge is 0.213 e. The lowest BCUT2D eigenvalue weighted by Crippen LogP contribution is -2.32. The lowest BCUT2D eigenvalue weighted by atomic mass is 9.81. The van der Waals surface area contributed by atoms with Gasteiger partial charge in [0.05, 0.1) is 5.56 Å². The summed E-state index contributed by atoms with van der Waals surface area (Å²) in [6, 6.07) is 20.8. The Bertz CT molecular complexity index is 1500. The van der Waals surface area contributed by atoms with Crippen molar-refractivity contribution in [1.82, 2.24) is 0 Å². The smallest absolute Gasteiger partial charge is 0.201 e. The highest BCUT2D eigenvalue weighted by atomic mass is 14.9. The molecular formula is C34H34N+. The fourth-order valence-corrected chi connectivity index (χ4v) is 7.45. The normalized spacial score (nSPS) is 16.1. The van der Waals surface area contributed by atoms with E-state index in [1.807, 2.05) is 0 Å². The molecule has 3 aliphatic rings. The second kappa shape index (κ2) is 7.92. The summed E-state index contributed by atoms with van der Waals surface area (Å²) in [7, 11) is 2.25. The molecule has 1 heteroatoms. The third-order valence-corrected chi connectivity index (χ3v) is 9.11. The highest BCUT2D eigenvalue weighted by molar-refractivity contribution is 6.00. The molecule has 0 N–H and O–H groups in total. The van der Waals surface area contributed by atoms with Crippen LogP contribution in [0.3, 0.4) is 0 Å². The quantitative estimate of drug-likeness (QED) is 0.233. The minimum absolute atomic E-state index is 0.716. The molecule has 1 heterocycles. The third-order valence-electron chi connectivity index (χ3n) is 9.11. The van der Waals surface area contributed by atoms with Crippen molar-refractivity contribution in [2.24, 2.45) is 7.05 Å². The highest BCUT2D eigenvalue weighted by Crippen LogP contribution is 2.53. The summed E-state index contributed by atoms with van der Waals surface area (Å²) < 4.78 is 2.40. The molecule has 1 aromatic heterocycles. The zero-order valence-electron chi connectivity index (χ0n) is 21.2. The van der Waals surface area contributed by atoms with Crippen molar-refractivity contribution < 1.29 is 4.57 Å². The van der Waals surface area contributed by atoms with Gasteiger partial charge in [-0.1, -0.05) is 67.8 Å². The molecular weight excluding hydrogens is 422 g/mol. The Hall–Kier alpha value is -3.19. The SMILES string of the molecule is Cc1c[n+](C)c(-c2c(C)c3c(c4c2Cc2ccccc2-4)-c2ccccc2C3)cc1C1CCCCC1. The molecule has 0 saturated heterocycles. The zero-order chi connectivity index (χ0) is 23.7. The van der Waals surface area contributed by atoms with Gasteiger partial charge in [-0.3, -0.25) is 0 Å². The summed E-state index contributed by atoms with van der Waals surface area (Å²) in [5, 5.41) is 0. The fraction of sp³-hybridized carbons (Fsp3) is 0.324. The van der Waals surface area contributed by atoms with Crippen LogP contribution in [0.15, 0.2) is 60.8 Å². The van der Waals surface area contributed by atoms with Crippen LogP contribution in [0.4, 0.5) is 0 Å². The summed E-state index contributed by atoms with van der Waals surface area (Å²) >= 11 is 0. The van der Waals surface area contributed by atoms with Crippen LogP contribution in [0.5, 0.6) is 0 Å². The minimum Gasteiger partial charge on any atom is -0.201 e. The lowest BCUT2D eigenvalue weighted by molar-refractivity contribution is -0.660. The maximum absolute atomic E-state index is 2.57. The molecule has 0 aliphatic heterocycles. The van der Waals surface area contributed by atoms with Crippen LogP contribution in [-0.4, -0.2) is 0 Å². The van der Waals surface area contributed by atoms with Crippen molar-refractivity contribution in [2.75, 3.05) is 0 Å². The number of aryl methyl sites for hydroxylation is 2. The lowest BCUT2D eigenvalue weighted by Gasteiger charge is -2.24. The standard InChI is InChI=1S/C34H34N/c1-21-20-35(3)31(19-28(21)23-11-5-4-6-12-23)32-22(2)29-17-24-13-7-9-15-26(24)33(29)34-27-16-10-8-14-25(27)18-30(32)34/h7-10,13-16,19-20,23H,4-6,11-12,17-18H2,1-3H3/q+1. The van der Waals surface area contributed by atoms with E-state index in [2.05, 4.69) is 86.3 Å². The summed E-state index contributed by atoms with van der Waals surface area (Å²) in [5.41, 5.74) is 19.3. The summed E-state index contributed by atoms with van der Waals surface area (Å²) in [6.07, 6.45) is 11.3. The molecule has 0 bridgehead atoms. The average Bonchev–Trinajstić information content (AvgIpc) is 3.44. The number of aromatic nitrogens is 1. The van der Waals surface area contributed by atoms with Gasteiger partial charge in [0.1, 0.15) is 7.05 Å². The van der Waals surface area contributed by atoms with Crippen molar-refractivity contribution in [2.45, 2.75) is 64.7 Å². The number of hydrogen-bond donors (Lipinski definition) is 0. The molecule has 0 radical (unpaired) electrons. The van der Waals surface area contributed by atoms with E-state index in [0.29, 0.717) is 5.92 Å². The summed E-state index contributed by atoms with van der Waals surface area (Å²) in [6.45, 7) is 4.71. The van der Waals surface area contributed by atoms with Crippen LogP contribution in [0.1, 0.15) is 77.0 Å². The van der Waals surface area contributed by atoms with Crippen LogP contribution in [0, 0.1) is 13.8 Å². The molecule has 0 unspecified atom stereocenters. The van der Waals surface area contributed by atoms with Gasteiger partial charge in [-0.05, 0) is 101 Å². The van der Waals surface area contributed by atoms with Crippen molar-refractivity contribution in [3.63, 3.8) is 0 Å². The van der Waals surface area contributed by atoms with Crippen LogP contribution in [-0.2, 0) is 19.9 Å². The van der Waals surface area contributed by atoms with E-state index in [9.17, 15) is 0 Å². The molecule has 35 heavy (non-hydrogen) atoms. The summed E-state index contributed by atoms with van der Waals surface area (Å²) in [5.74, 6) is 0.716. The van der Waals surface area contributed by atoms with Gasteiger partial charge in [-0.2, -0.15) is 0 Å². The van der Waals surface area contributed by atoms with Gasteiger partial charge < -0.3 is 0 Å². The van der Waals surface area contributed by atoms with Gasteiger partial charge in [0.25, 0.3) is 0 Å². The molecule has 3 aromatic carbocycles.